The number of nitrogens with one attached hydrogen (secondary N) is 5. The van der Waals surface area contributed by atoms with Crippen LogP contribution in [-0.4, -0.2) is 243 Å². The van der Waals surface area contributed by atoms with Crippen molar-refractivity contribution in [1.82, 2.24) is 65.5 Å². The number of H-pyrrole nitrogens is 1. The highest BCUT2D eigenvalue weighted by Gasteiger charge is 2.46. The van der Waals surface area contributed by atoms with Crippen LogP contribution in [0.3, 0.4) is 0 Å². The van der Waals surface area contributed by atoms with Gasteiger partial charge in [-0.1, -0.05) is 96.9 Å². The maximum Gasteiger partial charge on any atom is 0.248 e. The van der Waals surface area contributed by atoms with Crippen molar-refractivity contribution in [3.8, 4) is 0 Å². The van der Waals surface area contributed by atoms with E-state index in [0.29, 0.717) is 16.9 Å². The molecule has 27 heteroatoms. The molecule has 528 valence electrons. The van der Waals surface area contributed by atoms with Crippen LogP contribution in [-0.2, 0) is 59.2 Å². The lowest BCUT2D eigenvalue weighted by Gasteiger charge is -2.41. The first-order chi connectivity index (χ1) is 43.5. The van der Waals surface area contributed by atoms with Crippen molar-refractivity contribution in [1.29, 1.82) is 0 Å². The summed E-state index contributed by atoms with van der Waals surface area (Å²) in [6.07, 6.45) is -1.24. The van der Waals surface area contributed by atoms with Gasteiger partial charge in [0.15, 0.2) is 0 Å². The van der Waals surface area contributed by atoms with Crippen LogP contribution in [0.1, 0.15) is 159 Å². The number of carbonyl (C=O) groups excluding carboxylic acids is 12. The average Bonchev–Trinajstić information content (AvgIpc) is 0.976. The van der Waals surface area contributed by atoms with E-state index in [1.165, 1.54) is 99.8 Å². The highest BCUT2D eigenvalue weighted by atomic mass is 16.3. The second-order valence-corrected chi connectivity index (χ2v) is 28.3. The third kappa shape index (κ3) is 20.9. The Bertz CT molecular complexity index is 3020. The number of rotatable bonds is 16. The molecule has 1 fully saturated rings. The van der Waals surface area contributed by atoms with E-state index in [9.17, 15) is 43.5 Å². The normalized spacial score (nSPS) is 25.4. The molecule has 0 bridgehead atoms. The zero-order chi connectivity index (χ0) is 72.0. The topological polar surface area (TPSA) is 351 Å². The van der Waals surface area contributed by atoms with Crippen LogP contribution in [0.25, 0.3) is 11.0 Å². The van der Waals surface area contributed by atoms with Gasteiger partial charge in [0.05, 0.1) is 23.7 Å². The number of carbonyl (C=O) groups is 12. The Morgan fingerprint density at radius 3 is 1.48 bits per heavy atom. The largest absolute Gasteiger partial charge is 0.390 e. The quantitative estimate of drug-likeness (QED) is 0.127. The van der Waals surface area contributed by atoms with E-state index >= 15 is 19.2 Å². The molecule has 1 aliphatic heterocycles. The number of fused-ring (bicyclic) bond motifs is 1. The van der Waals surface area contributed by atoms with Gasteiger partial charge < -0.3 is 71.4 Å². The molecule has 1 aromatic heterocycles. The number of nitrogens with zero attached hydrogens (tertiary/aromatic N) is 8. The SMILES string of the molecule is CC[C@@H]1NC(=O)[C@H]([C@H](O)[C@H](C)Cc2nc3cc(C(N)=O)ccc3[nH]2)N(C)C(=O)[C@H](C(C)C)N(C)C(=O)[C@H](CC(C)C)N(C)C(=O)[C@H](CC(C)C)N(C)C(=O)[C@@H](C)NC(=O)[C@H](C)NC(=O)[C@H](CC(C)C)N(C)C(=O)[C@H](C(C)C)NC(=O)[C@H](CC(C)C)N(C)C(=O)CN(C)C1=O. The molecule has 1 aromatic carbocycles. The molecule has 3 rings (SSSR count). The van der Waals surface area contributed by atoms with Crippen molar-refractivity contribution >= 4 is 81.9 Å². The molecule has 1 saturated heterocycles. The Hall–Kier alpha value is -7.71. The molecule has 2 aromatic rings. The van der Waals surface area contributed by atoms with Crippen LogP contribution < -0.4 is 27.0 Å². The summed E-state index contributed by atoms with van der Waals surface area (Å²) in [5, 5.41) is 23.5. The van der Waals surface area contributed by atoms with E-state index in [1.54, 1.807) is 47.6 Å². The van der Waals surface area contributed by atoms with E-state index in [1.807, 2.05) is 55.4 Å². The van der Waals surface area contributed by atoms with Gasteiger partial charge in [-0.15, -0.1) is 0 Å². The average molecular weight is 1320 g/mol. The fourth-order valence-corrected chi connectivity index (χ4v) is 11.9. The summed E-state index contributed by atoms with van der Waals surface area (Å²) < 4.78 is 0. The predicted octanol–water partition coefficient (Wildman–Crippen LogP) is 2.52. The smallest absolute Gasteiger partial charge is 0.248 e. The summed E-state index contributed by atoms with van der Waals surface area (Å²) in [6, 6.07) is -8.22. The van der Waals surface area contributed by atoms with Crippen LogP contribution in [0.4, 0.5) is 0 Å². The fraction of sp³-hybridized carbons (Fsp3) is 0.716. The molecule has 8 N–H and O–H groups in total. The summed E-state index contributed by atoms with van der Waals surface area (Å²) in [5.74, 6) is -10.9. The van der Waals surface area contributed by atoms with Gasteiger partial charge in [0.2, 0.25) is 70.9 Å². The second-order valence-electron chi connectivity index (χ2n) is 28.3. The molecule has 12 amide bonds. The number of nitrogens with two attached hydrogens (primary N) is 1. The van der Waals surface area contributed by atoms with Crippen LogP contribution in [0, 0.1) is 41.4 Å². The number of imidazole rings is 1. The lowest BCUT2D eigenvalue weighted by atomic mass is 9.91. The Morgan fingerprint density at radius 2 is 0.989 bits per heavy atom. The van der Waals surface area contributed by atoms with Crippen LogP contribution >= 0.6 is 0 Å². The van der Waals surface area contributed by atoms with Gasteiger partial charge in [0.25, 0.3) is 0 Å². The summed E-state index contributed by atoms with van der Waals surface area (Å²) in [4.78, 5) is 190. The maximum atomic E-state index is 15.4. The Labute approximate surface area is 556 Å². The molecule has 2 heterocycles. The van der Waals surface area contributed by atoms with Gasteiger partial charge >= 0.3 is 0 Å². The monoisotopic (exact) mass is 1320 g/mol. The molecule has 0 saturated carbocycles. The third-order valence-electron chi connectivity index (χ3n) is 17.7. The first-order valence-electron chi connectivity index (χ1n) is 33.0. The minimum Gasteiger partial charge on any atom is -0.390 e. The van der Waals surface area contributed by atoms with Crippen molar-refractivity contribution in [3.63, 3.8) is 0 Å². The zero-order valence-electron chi connectivity index (χ0n) is 60.1. The molecule has 0 spiro atoms. The number of aliphatic hydroxyl groups is 1. The van der Waals surface area contributed by atoms with Crippen molar-refractivity contribution in [2.24, 2.45) is 47.2 Å². The minimum absolute atomic E-state index is 0.00475. The Balaban J connectivity index is 2.33. The maximum absolute atomic E-state index is 15.4. The van der Waals surface area contributed by atoms with E-state index in [0.717, 1.165) is 9.80 Å². The lowest BCUT2D eigenvalue weighted by Crippen LogP contribution is -2.63. The van der Waals surface area contributed by atoms with Crippen LogP contribution in [0.2, 0.25) is 0 Å². The molecular formula is C67H112N14O13. The van der Waals surface area contributed by atoms with Crippen LogP contribution in [0.15, 0.2) is 18.2 Å². The number of hydrogen-bond donors (Lipinski definition) is 7. The van der Waals surface area contributed by atoms with Crippen molar-refractivity contribution in [2.45, 2.75) is 216 Å². The lowest BCUT2D eigenvalue weighted by molar-refractivity contribution is -0.157. The number of amides is 12. The zero-order valence-corrected chi connectivity index (χ0v) is 60.1. The van der Waals surface area contributed by atoms with Crippen molar-refractivity contribution in [2.75, 3.05) is 55.9 Å². The minimum atomic E-state index is -1.76. The van der Waals surface area contributed by atoms with Gasteiger partial charge in [-0.05, 0) is 106 Å². The molecular weight excluding hydrogens is 1210 g/mol. The second kappa shape index (κ2) is 35.2. The summed E-state index contributed by atoms with van der Waals surface area (Å²) in [6.45, 7) is 27.2. The van der Waals surface area contributed by atoms with Gasteiger partial charge in [-0.3, -0.25) is 57.5 Å². The molecule has 0 unspecified atom stereocenters. The standard InChI is InChI=1S/C67H112N14O13/c1-24-44-63(90)75(17)33-52(82)76(18)47(27-34(2)3)60(87)74-53(38(10)11)66(93)77(19)48(28-35(4)5)59(86)69-41(15)58(85)70-42(16)62(89)78(20)49(29-36(6)7)64(91)79(21)50(30-37(8)9)65(92)80(22)54(39(12)13)67(94)81(23)55(61(88)73-44)56(83)40(14)31-51-71-45-26-25-43(57(68)84)32-46(45)72-51/h25-26,32,34-42,44,47-50,53-56,83H,24,27-31,33H2,1-23H3,(H2,68,84)(H,69,86)(H,70,85)(H,71,72)(H,73,88)(H,74,87)/t40-,41+,42-,44+,47+,48+,49+,50+,53+,54+,55+,56-/m1/s1. The van der Waals surface area contributed by atoms with Gasteiger partial charge in [-0.2, -0.15) is 0 Å². The molecule has 12 atom stereocenters. The van der Waals surface area contributed by atoms with Gasteiger partial charge in [0, 0.05) is 61.3 Å². The first kappa shape index (κ1) is 80.5. The van der Waals surface area contributed by atoms with E-state index in [-0.39, 0.29) is 67.8 Å². The van der Waals surface area contributed by atoms with Crippen molar-refractivity contribution < 1.29 is 62.6 Å². The number of benzene rings is 1. The number of aliphatic hydroxyl groups excluding tert-OH is 1. The van der Waals surface area contributed by atoms with Gasteiger partial charge in [0.1, 0.15) is 66.2 Å². The molecule has 27 nitrogen and oxygen atoms in total. The Kier molecular flexibility index (Phi) is 30.1. The highest BCUT2D eigenvalue weighted by Crippen LogP contribution is 2.27. The number of likely N-dealkylation sites (N-methyl/N-ethyl adjacent to an activating group) is 7. The number of hydrogen-bond acceptors (Lipinski definition) is 14. The van der Waals surface area contributed by atoms with Crippen molar-refractivity contribution in [3.05, 3.63) is 29.6 Å². The summed E-state index contributed by atoms with van der Waals surface area (Å²) in [7, 11) is 9.75. The van der Waals surface area contributed by atoms with Gasteiger partial charge in [-0.25, -0.2) is 4.98 Å². The predicted molar refractivity (Wildman–Crippen MR) is 357 cm³/mol. The molecule has 94 heavy (non-hydrogen) atoms. The molecule has 1 aliphatic rings. The Morgan fingerprint density at radius 1 is 0.532 bits per heavy atom. The third-order valence-corrected chi connectivity index (χ3v) is 17.7. The summed E-state index contributed by atoms with van der Waals surface area (Å²) >= 11 is 0. The first-order valence-corrected chi connectivity index (χ1v) is 33.0. The fourth-order valence-electron chi connectivity index (χ4n) is 11.9. The van der Waals surface area contributed by atoms with E-state index in [4.69, 9.17) is 5.73 Å². The molecule has 0 aliphatic carbocycles. The molecule has 0 radical (unpaired) electrons. The van der Waals surface area contributed by atoms with Crippen LogP contribution in [0.5, 0.6) is 0 Å². The van der Waals surface area contributed by atoms with E-state index in [2.05, 4.69) is 31.2 Å². The highest BCUT2D eigenvalue weighted by molar-refractivity contribution is 6.00. The number of aromatic amines is 1. The number of aromatic nitrogens is 2. The number of primary amides is 1. The van der Waals surface area contributed by atoms with E-state index < -0.39 is 162 Å². The summed E-state index contributed by atoms with van der Waals surface area (Å²) in [5.41, 5.74) is 6.71.